The molecule has 1 aromatic rings. The molecular weight excluding hydrogens is 336 g/mol. The molecule has 4 rings (SSSR count). The fourth-order valence-corrected chi connectivity index (χ4v) is 4.20. The maximum absolute atomic E-state index is 13.1. The van der Waals surface area contributed by atoms with Gasteiger partial charge in [-0.1, -0.05) is 17.3 Å². The van der Waals surface area contributed by atoms with Crippen molar-refractivity contribution in [3.8, 4) is 0 Å². The Morgan fingerprint density at radius 2 is 2.31 bits per heavy atom. The highest BCUT2D eigenvalue weighted by molar-refractivity contribution is 6.02. The average molecular weight is 360 g/mol. The Morgan fingerprint density at radius 3 is 3.00 bits per heavy atom. The van der Waals surface area contributed by atoms with E-state index in [1.54, 1.807) is 17.9 Å². The van der Waals surface area contributed by atoms with Gasteiger partial charge in [-0.15, -0.1) is 0 Å². The smallest absolute Gasteiger partial charge is 0.235 e. The van der Waals surface area contributed by atoms with E-state index in [9.17, 15) is 9.59 Å². The number of ether oxygens (including phenoxy) is 1. The topological polar surface area (TPSA) is 87.9 Å². The monoisotopic (exact) mass is 360 g/mol. The Hall–Kier alpha value is -2.19. The molecule has 8 nitrogen and oxygen atoms in total. The molecule has 8 heteroatoms. The van der Waals surface area contributed by atoms with Crippen molar-refractivity contribution in [1.29, 1.82) is 0 Å². The van der Waals surface area contributed by atoms with Crippen LogP contribution in [-0.4, -0.2) is 67.3 Å². The maximum atomic E-state index is 13.1. The molecule has 26 heavy (non-hydrogen) atoms. The molecule has 140 valence electrons. The minimum absolute atomic E-state index is 0.114. The summed E-state index contributed by atoms with van der Waals surface area (Å²) in [7, 11) is 4.00. The van der Waals surface area contributed by atoms with Gasteiger partial charge in [0.2, 0.25) is 11.8 Å². The van der Waals surface area contributed by atoms with Crippen LogP contribution >= 0.6 is 0 Å². The Kier molecular flexibility index (Phi) is 4.11. The quantitative estimate of drug-likeness (QED) is 0.581. The van der Waals surface area contributed by atoms with Crippen LogP contribution in [0.1, 0.15) is 12.2 Å². The second-order valence-electron chi connectivity index (χ2n) is 7.57. The van der Waals surface area contributed by atoms with Gasteiger partial charge in [0.15, 0.2) is 5.82 Å². The Labute approximate surface area is 152 Å². The van der Waals surface area contributed by atoms with Gasteiger partial charge in [-0.2, -0.15) is 0 Å². The van der Waals surface area contributed by atoms with Crippen LogP contribution in [0.3, 0.4) is 0 Å². The minimum Gasteiger partial charge on any atom is -0.360 e. The first-order chi connectivity index (χ1) is 12.4. The first-order valence-electron chi connectivity index (χ1n) is 8.95. The van der Waals surface area contributed by atoms with Gasteiger partial charge in [0.1, 0.15) is 11.4 Å². The second-order valence-corrected chi connectivity index (χ2v) is 7.57. The van der Waals surface area contributed by atoms with Gasteiger partial charge < -0.3 is 19.5 Å². The van der Waals surface area contributed by atoms with Gasteiger partial charge in [0.05, 0.1) is 24.5 Å². The van der Waals surface area contributed by atoms with Crippen molar-refractivity contribution in [2.24, 2.45) is 11.8 Å². The molecule has 3 aliphatic rings. The number of aromatic nitrogens is 1. The van der Waals surface area contributed by atoms with Gasteiger partial charge in [-0.05, 0) is 34.0 Å². The summed E-state index contributed by atoms with van der Waals surface area (Å²) in [4.78, 5) is 29.5. The van der Waals surface area contributed by atoms with Crippen LogP contribution in [-0.2, 0) is 14.3 Å². The van der Waals surface area contributed by atoms with Gasteiger partial charge in [0.25, 0.3) is 0 Å². The van der Waals surface area contributed by atoms with Gasteiger partial charge in [-0.25, -0.2) is 0 Å². The highest BCUT2D eigenvalue weighted by Gasteiger charge is 2.67. The van der Waals surface area contributed by atoms with Crippen LogP contribution in [0.4, 0.5) is 5.82 Å². The Balaban J connectivity index is 1.49. The third-order valence-corrected chi connectivity index (χ3v) is 5.38. The molecule has 2 fully saturated rings. The third kappa shape index (κ3) is 2.64. The van der Waals surface area contributed by atoms with Crippen LogP contribution in [0.15, 0.2) is 22.7 Å². The number of hydrogen-bond acceptors (Lipinski definition) is 6. The van der Waals surface area contributed by atoms with E-state index in [-0.39, 0.29) is 17.9 Å². The number of nitrogens with one attached hydrogen (secondary N) is 1. The summed E-state index contributed by atoms with van der Waals surface area (Å²) < 4.78 is 11.2. The number of fused-ring (bicyclic) bond motifs is 1. The normalized spacial score (nSPS) is 31.9. The highest BCUT2D eigenvalue weighted by Crippen LogP contribution is 2.52. The molecule has 2 bridgehead atoms. The molecule has 4 atom stereocenters. The van der Waals surface area contributed by atoms with Crippen LogP contribution < -0.4 is 10.2 Å². The van der Waals surface area contributed by atoms with Crippen molar-refractivity contribution in [2.75, 3.05) is 38.6 Å². The summed E-state index contributed by atoms with van der Waals surface area (Å²) in [5.41, 5.74) is -0.736. The van der Waals surface area contributed by atoms with E-state index < -0.39 is 17.4 Å². The number of rotatable bonds is 6. The summed E-state index contributed by atoms with van der Waals surface area (Å²) in [6.07, 6.45) is 4.37. The number of carbonyl (C=O) groups excluding carboxylic acids is 2. The Bertz CT molecular complexity index is 758. The standard InChI is InChI=1S/C18H24N4O4/c1-11-9-13(20-26-11)22-10-18-6-5-12(25-18)14(15(18)17(22)24)16(23)19-7-4-8-21(2)3/h5-6,9,12,14-15H,4,7-8,10H2,1-3H3,(H,19,23)/t12-,14-,15-,18+/m1/s1. The summed E-state index contributed by atoms with van der Waals surface area (Å²) in [6.45, 7) is 3.63. The lowest BCUT2D eigenvalue weighted by Gasteiger charge is -2.23. The van der Waals surface area contributed by atoms with Crippen LogP contribution in [0.25, 0.3) is 0 Å². The fraction of sp³-hybridized carbons (Fsp3) is 0.611. The lowest BCUT2D eigenvalue weighted by molar-refractivity contribution is -0.131. The molecule has 0 aliphatic carbocycles. The van der Waals surface area contributed by atoms with Crippen LogP contribution in [0, 0.1) is 18.8 Å². The second kappa shape index (κ2) is 6.21. The maximum Gasteiger partial charge on any atom is 0.235 e. The largest absolute Gasteiger partial charge is 0.360 e. The predicted octanol–water partition coefficient (Wildman–Crippen LogP) is 0.337. The number of amides is 2. The lowest BCUT2D eigenvalue weighted by atomic mass is 9.77. The van der Waals surface area contributed by atoms with Crippen LogP contribution in [0.5, 0.6) is 0 Å². The zero-order valence-electron chi connectivity index (χ0n) is 15.3. The first-order valence-corrected chi connectivity index (χ1v) is 8.95. The van der Waals surface area contributed by atoms with Crippen molar-refractivity contribution >= 4 is 17.6 Å². The van der Waals surface area contributed by atoms with Gasteiger partial charge in [0, 0.05) is 12.6 Å². The van der Waals surface area contributed by atoms with E-state index in [1.807, 2.05) is 26.2 Å². The van der Waals surface area contributed by atoms with Crippen LogP contribution in [0.2, 0.25) is 0 Å². The molecule has 2 saturated heterocycles. The van der Waals surface area contributed by atoms with E-state index in [0.29, 0.717) is 24.7 Å². The van der Waals surface area contributed by atoms with Crippen molar-refractivity contribution in [3.05, 3.63) is 24.0 Å². The summed E-state index contributed by atoms with van der Waals surface area (Å²) >= 11 is 0. The SMILES string of the molecule is Cc1cc(N2C[C@]34C=C[C@@H](O3)[C@@H](C(=O)NCCCN(C)C)[C@@H]4C2=O)no1. The number of carbonyl (C=O) groups is 2. The molecule has 3 aliphatic heterocycles. The van der Waals surface area contributed by atoms with Crippen molar-refractivity contribution in [2.45, 2.75) is 25.0 Å². The van der Waals surface area contributed by atoms with E-state index in [4.69, 9.17) is 9.26 Å². The number of hydrogen-bond donors (Lipinski definition) is 1. The number of anilines is 1. The van der Waals surface area contributed by atoms with E-state index in [0.717, 1.165) is 13.0 Å². The van der Waals surface area contributed by atoms with E-state index in [1.165, 1.54) is 0 Å². The third-order valence-electron chi connectivity index (χ3n) is 5.38. The number of aryl methyl sites for hydroxylation is 1. The molecule has 2 amide bonds. The van der Waals surface area contributed by atoms with Gasteiger partial charge in [-0.3, -0.25) is 14.5 Å². The van der Waals surface area contributed by atoms with E-state index >= 15 is 0 Å². The number of nitrogens with zero attached hydrogens (tertiary/aromatic N) is 3. The molecule has 1 aromatic heterocycles. The molecule has 0 saturated carbocycles. The van der Waals surface area contributed by atoms with Gasteiger partial charge >= 0.3 is 0 Å². The minimum atomic E-state index is -0.736. The fourth-order valence-electron chi connectivity index (χ4n) is 4.20. The Morgan fingerprint density at radius 1 is 1.50 bits per heavy atom. The first kappa shape index (κ1) is 17.2. The molecule has 1 N–H and O–H groups in total. The summed E-state index contributed by atoms with van der Waals surface area (Å²) in [5, 5.41) is 6.92. The highest BCUT2D eigenvalue weighted by atomic mass is 16.5. The van der Waals surface area contributed by atoms with Crippen molar-refractivity contribution < 1.29 is 18.8 Å². The van der Waals surface area contributed by atoms with Crippen molar-refractivity contribution in [3.63, 3.8) is 0 Å². The lowest BCUT2D eigenvalue weighted by Crippen LogP contribution is -2.44. The molecule has 4 heterocycles. The molecule has 1 spiro atoms. The molecule has 0 unspecified atom stereocenters. The van der Waals surface area contributed by atoms with Crippen molar-refractivity contribution in [1.82, 2.24) is 15.4 Å². The zero-order chi connectivity index (χ0) is 18.5. The summed E-state index contributed by atoms with van der Waals surface area (Å²) in [5.74, 6) is -0.136. The zero-order valence-corrected chi connectivity index (χ0v) is 15.3. The molecule has 0 aromatic carbocycles. The predicted molar refractivity (Wildman–Crippen MR) is 93.5 cm³/mol. The van der Waals surface area contributed by atoms with E-state index in [2.05, 4.69) is 15.4 Å². The summed E-state index contributed by atoms with van der Waals surface area (Å²) in [6, 6.07) is 1.72. The molecular formula is C18H24N4O4. The molecule has 0 radical (unpaired) electrons. The average Bonchev–Trinajstić information content (AvgIpc) is 3.32.